The van der Waals surface area contributed by atoms with Crippen molar-refractivity contribution in [1.29, 1.82) is 0 Å². The summed E-state index contributed by atoms with van der Waals surface area (Å²) >= 11 is 0. The van der Waals surface area contributed by atoms with E-state index >= 15 is 0 Å². The fourth-order valence-electron chi connectivity index (χ4n) is 2.54. The van der Waals surface area contributed by atoms with Crippen LogP contribution in [0.2, 0.25) is 0 Å². The van der Waals surface area contributed by atoms with Crippen LogP contribution in [-0.4, -0.2) is 33.8 Å². The molecule has 4 nitrogen and oxygen atoms in total. The Balaban J connectivity index is 1.65. The number of anilines is 1. The molecule has 1 unspecified atom stereocenters. The van der Waals surface area contributed by atoms with E-state index in [4.69, 9.17) is 0 Å². The summed E-state index contributed by atoms with van der Waals surface area (Å²) < 4.78 is 12.3. The molecule has 3 rings (SSSR count). The lowest BCUT2D eigenvalue weighted by Gasteiger charge is -2.15. The molecule has 0 radical (unpaired) electrons. The van der Waals surface area contributed by atoms with E-state index in [-0.39, 0.29) is 0 Å². The summed E-state index contributed by atoms with van der Waals surface area (Å²) in [7, 11) is 0.982. The summed E-state index contributed by atoms with van der Waals surface area (Å²) in [4.78, 5) is 2.90. The van der Waals surface area contributed by atoms with Gasteiger partial charge in [-0.2, -0.15) is 5.10 Å². The van der Waals surface area contributed by atoms with Gasteiger partial charge in [-0.3, -0.25) is 9.31 Å². The lowest BCUT2D eigenvalue weighted by molar-refractivity contribution is 0.682. The molecule has 3 aromatic rings. The second-order valence-corrected chi connectivity index (χ2v) is 7.31. The highest BCUT2D eigenvalue weighted by Gasteiger charge is 2.11. The van der Waals surface area contributed by atoms with E-state index in [0.717, 1.165) is 22.0 Å². The fraction of sp³-hybridized carbons (Fsp3) is 0.211. The third-order valence-electron chi connectivity index (χ3n) is 4.01. The third-order valence-corrected chi connectivity index (χ3v) is 5.36. The Kier molecular flexibility index (Phi) is 5.11. The zero-order valence-electron chi connectivity index (χ0n) is 13.9. The zero-order valence-corrected chi connectivity index (χ0v) is 14.7. The van der Waals surface area contributed by atoms with Crippen LogP contribution in [0.1, 0.15) is 5.56 Å². The number of H-pyrrole nitrogens is 1. The largest absolute Gasteiger partial charge is 0.357 e. The van der Waals surface area contributed by atoms with Crippen LogP contribution in [-0.2, 0) is 10.8 Å². The van der Waals surface area contributed by atoms with E-state index in [2.05, 4.69) is 29.3 Å². The van der Waals surface area contributed by atoms with E-state index in [0.29, 0.717) is 12.3 Å². The molecule has 1 heterocycles. The lowest BCUT2D eigenvalue weighted by atomic mass is 10.1. The molecular formula is C19H21N3OS. The van der Waals surface area contributed by atoms with Gasteiger partial charge in [0, 0.05) is 35.9 Å². The molecule has 0 aliphatic rings. The van der Waals surface area contributed by atoms with Crippen LogP contribution in [0.15, 0.2) is 65.6 Å². The minimum Gasteiger partial charge on any atom is -0.357 e. The molecule has 1 N–H and O–H groups in total. The number of benzene rings is 2. The molecule has 0 amide bonds. The van der Waals surface area contributed by atoms with Crippen molar-refractivity contribution < 1.29 is 4.21 Å². The number of aromatic nitrogens is 2. The van der Waals surface area contributed by atoms with E-state index in [9.17, 15) is 4.21 Å². The Morgan fingerprint density at radius 2 is 1.79 bits per heavy atom. The predicted octanol–water partition coefficient (Wildman–Crippen LogP) is 3.63. The molecule has 24 heavy (non-hydrogen) atoms. The zero-order chi connectivity index (χ0) is 16.9. The number of aromatic amines is 1. The first-order chi connectivity index (χ1) is 11.6. The van der Waals surface area contributed by atoms with Crippen molar-refractivity contribution >= 4 is 16.6 Å². The second-order valence-electron chi connectivity index (χ2n) is 5.74. The Hall–Kier alpha value is -2.40. The number of hydrogen-bond acceptors (Lipinski definition) is 3. The molecule has 1 aromatic heterocycles. The van der Waals surface area contributed by atoms with Gasteiger partial charge >= 0.3 is 0 Å². The summed E-state index contributed by atoms with van der Waals surface area (Å²) in [5.41, 5.74) is 3.36. The van der Waals surface area contributed by atoms with Crippen LogP contribution in [0.3, 0.4) is 0 Å². The molecule has 0 bridgehead atoms. The van der Waals surface area contributed by atoms with Crippen LogP contribution in [0.5, 0.6) is 0 Å². The minimum atomic E-state index is -0.990. The molecule has 1 atom stereocenters. The fourth-order valence-corrected chi connectivity index (χ4v) is 3.68. The second kappa shape index (κ2) is 7.45. The Morgan fingerprint density at radius 1 is 1.08 bits per heavy atom. The summed E-state index contributed by atoms with van der Waals surface area (Å²) in [6.45, 7) is 2.77. The van der Waals surface area contributed by atoms with Crippen molar-refractivity contribution in [2.24, 2.45) is 0 Å². The highest BCUT2D eigenvalue weighted by atomic mass is 32.2. The number of nitrogens with zero attached hydrogens (tertiary/aromatic N) is 2. The Morgan fingerprint density at radius 3 is 2.54 bits per heavy atom. The normalized spacial score (nSPS) is 12.1. The van der Waals surface area contributed by atoms with Gasteiger partial charge in [-0.1, -0.05) is 42.5 Å². The van der Waals surface area contributed by atoms with Crippen LogP contribution in [0, 0.1) is 6.92 Å². The van der Waals surface area contributed by atoms with Crippen LogP contribution >= 0.6 is 0 Å². The Labute approximate surface area is 145 Å². The summed E-state index contributed by atoms with van der Waals surface area (Å²) in [5.74, 6) is 1.44. The van der Waals surface area contributed by atoms with Crippen LogP contribution in [0.25, 0.3) is 11.3 Å². The van der Waals surface area contributed by atoms with E-state index in [1.165, 1.54) is 5.56 Å². The number of hydrogen-bond donors (Lipinski definition) is 1. The van der Waals surface area contributed by atoms with Crippen molar-refractivity contribution in [3.05, 3.63) is 66.2 Å². The molecule has 0 saturated carbocycles. The average Bonchev–Trinajstić information content (AvgIpc) is 3.10. The van der Waals surface area contributed by atoms with Gasteiger partial charge in [0.25, 0.3) is 0 Å². The van der Waals surface area contributed by atoms with E-state index < -0.39 is 10.8 Å². The van der Waals surface area contributed by atoms with Crippen molar-refractivity contribution in [2.75, 3.05) is 24.2 Å². The van der Waals surface area contributed by atoms with Gasteiger partial charge in [0.1, 0.15) is 0 Å². The molecule has 124 valence electrons. The van der Waals surface area contributed by atoms with Gasteiger partial charge in [-0.15, -0.1) is 0 Å². The van der Waals surface area contributed by atoms with Gasteiger partial charge < -0.3 is 4.90 Å². The lowest BCUT2D eigenvalue weighted by Crippen LogP contribution is -2.23. The van der Waals surface area contributed by atoms with Gasteiger partial charge in [0.05, 0.1) is 16.5 Å². The van der Waals surface area contributed by atoms with Crippen LogP contribution < -0.4 is 4.90 Å². The smallest absolute Gasteiger partial charge is 0.150 e. The summed E-state index contributed by atoms with van der Waals surface area (Å²) in [6, 6.07) is 19.8. The van der Waals surface area contributed by atoms with Crippen molar-refractivity contribution in [2.45, 2.75) is 11.8 Å². The van der Waals surface area contributed by atoms with Gasteiger partial charge in [0.2, 0.25) is 0 Å². The third kappa shape index (κ3) is 3.74. The molecular weight excluding hydrogens is 318 g/mol. The van der Waals surface area contributed by atoms with Crippen molar-refractivity contribution in [1.82, 2.24) is 10.2 Å². The van der Waals surface area contributed by atoms with Gasteiger partial charge in [-0.05, 0) is 24.6 Å². The maximum Gasteiger partial charge on any atom is 0.150 e. The van der Waals surface area contributed by atoms with Crippen molar-refractivity contribution in [3.8, 4) is 11.3 Å². The molecule has 0 fully saturated rings. The standard InChI is InChI=1S/C19H21N3OS/c1-15-8-6-7-11-17(15)18-14-19(21-20-18)22(2)12-13-24(23)16-9-4-3-5-10-16/h3-11,14H,12-13H2,1-2H3,(H,20,21). The molecule has 5 heteroatoms. The monoisotopic (exact) mass is 339 g/mol. The van der Waals surface area contributed by atoms with Gasteiger partial charge in [-0.25, -0.2) is 0 Å². The highest BCUT2D eigenvalue weighted by Crippen LogP contribution is 2.24. The first-order valence-corrected chi connectivity index (χ1v) is 9.23. The van der Waals surface area contributed by atoms with Crippen molar-refractivity contribution in [3.63, 3.8) is 0 Å². The quantitative estimate of drug-likeness (QED) is 0.746. The first-order valence-electron chi connectivity index (χ1n) is 7.91. The molecule has 0 saturated heterocycles. The average molecular weight is 339 g/mol. The van der Waals surface area contributed by atoms with Crippen LogP contribution in [0.4, 0.5) is 5.82 Å². The number of rotatable bonds is 6. The molecule has 0 spiro atoms. The maximum absolute atomic E-state index is 12.3. The van der Waals surface area contributed by atoms with E-state index in [1.54, 1.807) is 0 Å². The summed E-state index contributed by atoms with van der Waals surface area (Å²) in [5, 5.41) is 7.48. The number of nitrogens with one attached hydrogen (secondary N) is 1. The SMILES string of the molecule is Cc1ccccc1-c1cc(N(C)CCS(=O)c2ccccc2)n[nH]1. The predicted molar refractivity (Wildman–Crippen MR) is 99.7 cm³/mol. The Bertz CT molecular complexity index is 829. The minimum absolute atomic E-state index is 0.576. The number of aryl methyl sites for hydroxylation is 1. The molecule has 2 aromatic carbocycles. The maximum atomic E-state index is 12.3. The summed E-state index contributed by atoms with van der Waals surface area (Å²) in [6.07, 6.45) is 0. The first kappa shape index (κ1) is 16.5. The highest BCUT2D eigenvalue weighted by molar-refractivity contribution is 7.85. The van der Waals surface area contributed by atoms with E-state index in [1.807, 2.05) is 60.5 Å². The van der Waals surface area contributed by atoms with Gasteiger partial charge in [0.15, 0.2) is 5.82 Å². The molecule has 0 aliphatic carbocycles. The molecule has 0 aliphatic heterocycles. The topological polar surface area (TPSA) is 49.0 Å².